The van der Waals surface area contributed by atoms with Crippen LogP contribution in [0.4, 0.5) is 0 Å². The third-order valence-electron chi connectivity index (χ3n) is 3.74. The summed E-state index contributed by atoms with van der Waals surface area (Å²) >= 11 is 0. The molecule has 1 aliphatic rings. The van der Waals surface area contributed by atoms with Gasteiger partial charge in [-0.05, 0) is 24.6 Å². The lowest BCUT2D eigenvalue weighted by atomic mass is 10.1. The number of rotatable bonds is 3. The minimum absolute atomic E-state index is 0.164. The number of aliphatic hydroxyl groups excluding tert-OH is 2. The molecule has 0 saturated carbocycles. The molecule has 0 radical (unpaired) electrons. The summed E-state index contributed by atoms with van der Waals surface area (Å²) in [7, 11) is 0. The minimum atomic E-state index is -0.644. The van der Waals surface area contributed by atoms with E-state index in [1.807, 2.05) is 13.0 Å². The predicted molar refractivity (Wildman–Crippen MR) is 78.8 cm³/mol. The van der Waals surface area contributed by atoms with E-state index in [9.17, 15) is 9.90 Å². The zero-order valence-corrected chi connectivity index (χ0v) is 12.2. The molecule has 3 atom stereocenters. The van der Waals surface area contributed by atoms with Crippen molar-refractivity contribution in [3.8, 4) is 5.75 Å². The van der Waals surface area contributed by atoms with Gasteiger partial charge in [0.2, 0.25) is 6.29 Å². The Labute approximate surface area is 126 Å². The van der Waals surface area contributed by atoms with E-state index < -0.39 is 24.1 Å². The second-order valence-electron chi connectivity index (χ2n) is 5.52. The fraction of sp³-hybridized carbons (Fsp3) is 0.438. The maximum Gasteiger partial charge on any atom is 0.336 e. The van der Waals surface area contributed by atoms with E-state index in [1.54, 1.807) is 12.1 Å². The monoisotopic (exact) mass is 306 g/mol. The van der Waals surface area contributed by atoms with E-state index in [4.69, 9.17) is 19.0 Å². The topological polar surface area (TPSA) is 89.1 Å². The Morgan fingerprint density at radius 1 is 1.32 bits per heavy atom. The third kappa shape index (κ3) is 3.14. The van der Waals surface area contributed by atoms with Crippen molar-refractivity contribution in [1.29, 1.82) is 0 Å². The summed E-state index contributed by atoms with van der Waals surface area (Å²) in [4.78, 5) is 11.4. The summed E-state index contributed by atoms with van der Waals surface area (Å²) in [6.45, 7) is 1.68. The summed E-state index contributed by atoms with van der Waals surface area (Å²) in [5, 5.41) is 19.8. The van der Waals surface area contributed by atoms with Crippen LogP contribution in [0.1, 0.15) is 18.4 Å². The highest BCUT2D eigenvalue weighted by molar-refractivity contribution is 5.81. The minimum Gasteiger partial charge on any atom is -0.465 e. The van der Waals surface area contributed by atoms with E-state index in [2.05, 4.69) is 0 Å². The summed E-state index contributed by atoms with van der Waals surface area (Å²) in [6.07, 6.45) is -0.935. The first-order chi connectivity index (χ1) is 10.5. The van der Waals surface area contributed by atoms with Crippen molar-refractivity contribution in [3.05, 3.63) is 40.2 Å². The predicted octanol–water partition coefficient (Wildman–Crippen LogP) is 1.34. The SMILES string of the molecule is Cc1cc(=O)oc2cc(O[C@H]3C[C@@H](O)C[C@@H](CO)O3)ccc12. The van der Waals surface area contributed by atoms with Gasteiger partial charge in [0.05, 0.1) is 18.8 Å². The van der Waals surface area contributed by atoms with E-state index in [0.29, 0.717) is 24.2 Å². The molecular weight excluding hydrogens is 288 g/mol. The van der Waals surface area contributed by atoms with Crippen LogP contribution in [0.2, 0.25) is 0 Å². The Morgan fingerprint density at radius 3 is 2.91 bits per heavy atom. The number of fused-ring (bicyclic) bond motifs is 1. The van der Waals surface area contributed by atoms with Crippen LogP contribution in [0.15, 0.2) is 33.5 Å². The largest absolute Gasteiger partial charge is 0.465 e. The van der Waals surface area contributed by atoms with Crippen molar-refractivity contribution in [2.75, 3.05) is 6.61 Å². The maximum absolute atomic E-state index is 11.4. The number of hydrogen-bond acceptors (Lipinski definition) is 6. The molecule has 6 nitrogen and oxygen atoms in total. The van der Waals surface area contributed by atoms with Gasteiger partial charge in [-0.2, -0.15) is 0 Å². The maximum atomic E-state index is 11.4. The number of aryl methyl sites for hydroxylation is 1. The van der Waals surface area contributed by atoms with Crippen LogP contribution in [-0.4, -0.2) is 35.3 Å². The van der Waals surface area contributed by atoms with Crippen molar-refractivity contribution in [2.24, 2.45) is 0 Å². The summed E-state index contributed by atoms with van der Waals surface area (Å²) in [5.74, 6) is 0.483. The molecule has 1 aliphatic heterocycles. The lowest BCUT2D eigenvalue weighted by Gasteiger charge is -2.32. The van der Waals surface area contributed by atoms with Gasteiger partial charge < -0.3 is 24.1 Å². The molecule has 1 aromatic carbocycles. The lowest BCUT2D eigenvalue weighted by molar-refractivity contribution is -0.184. The molecule has 2 heterocycles. The van der Waals surface area contributed by atoms with Crippen LogP contribution in [0, 0.1) is 6.92 Å². The number of ether oxygens (including phenoxy) is 2. The zero-order chi connectivity index (χ0) is 15.7. The van der Waals surface area contributed by atoms with Crippen LogP contribution in [0.5, 0.6) is 5.75 Å². The fourth-order valence-electron chi connectivity index (χ4n) is 2.67. The smallest absolute Gasteiger partial charge is 0.336 e. The molecule has 2 N–H and O–H groups in total. The molecule has 1 aromatic heterocycles. The molecular formula is C16H18O6. The Hall–Kier alpha value is -1.89. The van der Waals surface area contributed by atoms with Gasteiger partial charge in [-0.1, -0.05) is 0 Å². The molecule has 118 valence electrons. The Balaban J connectivity index is 1.83. The van der Waals surface area contributed by atoms with Crippen LogP contribution < -0.4 is 10.4 Å². The first-order valence-electron chi connectivity index (χ1n) is 7.20. The standard InChI is InChI=1S/C16H18O6/c1-9-4-15(19)22-14-7-11(2-3-13(9)14)20-16-6-10(18)5-12(8-17)21-16/h2-4,7,10,12,16-18H,5-6,8H2,1H3/t10-,12-,16+/m0/s1. The second-order valence-corrected chi connectivity index (χ2v) is 5.52. The molecule has 6 heteroatoms. The highest BCUT2D eigenvalue weighted by Gasteiger charge is 2.29. The van der Waals surface area contributed by atoms with Crippen LogP contribution in [0.25, 0.3) is 11.0 Å². The number of aliphatic hydroxyl groups is 2. The van der Waals surface area contributed by atoms with Gasteiger partial charge in [0, 0.05) is 30.4 Å². The van der Waals surface area contributed by atoms with Crippen molar-refractivity contribution >= 4 is 11.0 Å². The Kier molecular flexibility index (Phi) is 4.15. The van der Waals surface area contributed by atoms with Gasteiger partial charge in [-0.3, -0.25) is 0 Å². The van der Waals surface area contributed by atoms with Crippen molar-refractivity contribution < 1.29 is 24.1 Å². The second kappa shape index (κ2) is 6.08. The van der Waals surface area contributed by atoms with E-state index in [0.717, 1.165) is 10.9 Å². The van der Waals surface area contributed by atoms with Gasteiger partial charge in [0.15, 0.2) is 0 Å². The Morgan fingerprint density at radius 2 is 2.14 bits per heavy atom. The van der Waals surface area contributed by atoms with Gasteiger partial charge in [0.1, 0.15) is 11.3 Å². The van der Waals surface area contributed by atoms with Gasteiger partial charge in [-0.25, -0.2) is 4.79 Å². The van der Waals surface area contributed by atoms with E-state index >= 15 is 0 Å². The average molecular weight is 306 g/mol. The van der Waals surface area contributed by atoms with Gasteiger partial charge in [0.25, 0.3) is 0 Å². The molecule has 1 fully saturated rings. The van der Waals surface area contributed by atoms with E-state index in [-0.39, 0.29) is 6.61 Å². The zero-order valence-electron chi connectivity index (χ0n) is 12.2. The summed E-state index contributed by atoms with van der Waals surface area (Å²) in [5.41, 5.74) is 0.867. The van der Waals surface area contributed by atoms with Crippen LogP contribution in [0.3, 0.4) is 0 Å². The highest BCUT2D eigenvalue weighted by atomic mass is 16.7. The van der Waals surface area contributed by atoms with Crippen molar-refractivity contribution in [3.63, 3.8) is 0 Å². The summed E-state index contributed by atoms with van der Waals surface area (Å²) in [6, 6.07) is 6.64. The van der Waals surface area contributed by atoms with Crippen molar-refractivity contribution in [2.45, 2.75) is 38.3 Å². The summed E-state index contributed by atoms with van der Waals surface area (Å²) < 4.78 is 16.4. The van der Waals surface area contributed by atoms with E-state index in [1.165, 1.54) is 6.07 Å². The molecule has 0 unspecified atom stereocenters. The molecule has 22 heavy (non-hydrogen) atoms. The number of hydrogen-bond donors (Lipinski definition) is 2. The molecule has 1 saturated heterocycles. The van der Waals surface area contributed by atoms with Crippen molar-refractivity contribution in [1.82, 2.24) is 0 Å². The molecule has 3 rings (SSSR count). The normalized spacial score (nSPS) is 25.3. The quantitative estimate of drug-likeness (QED) is 0.832. The lowest BCUT2D eigenvalue weighted by Crippen LogP contribution is -2.40. The molecule has 0 bridgehead atoms. The molecule has 0 spiro atoms. The molecule has 0 aliphatic carbocycles. The van der Waals surface area contributed by atoms with Crippen LogP contribution >= 0.6 is 0 Å². The Bertz CT molecular complexity index is 722. The number of benzene rings is 1. The van der Waals surface area contributed by atoms with Crippen LogP contribution in [-0.2, 0) is 4.74 Å². The molecule has 0 amide bonds. The average Bonchev–Trinajstić information content (AvgIpc) is 2.46. The highest BCUT2D eigenvalue weighted by Crippen LogP contribution is 2.26. The molecule has 2 aromatic rings. The van der Waals surface area contributed by atoms with Gasteiger partial charge in [-0.15, -0.1) is 0 Å². The third-order valence-corrected chi connectivity index (χ3v) is 3.74. The first kappa shape index (κ1) is 15.0. The fourth-order valence-corrected chi connectivity index (χ4v) is 2.67. The van der Waals surface area contributed by atoms with Gasteiger partial charge >= 0.3 is 5.63 Å². The first-order valence-corrected chi connectivity index (χ1v) is 7.20.